The zero-order valence-electron chi connectivity index (χ0n) is 13.0. The normalized spacial score (nSPS) is 10.9. The van der Waals surface area contributed by atoms with Crippen LogP contribution in [0, 0.1) is 0 Å². The average Bonchev–Trinajstić information content (AvgIpc) is 2.42. The third-order valence-corrected chi connectivity index (χ3v) is 2.79. The molecule has 5 nitrogen and oxygen atoms in total. The number of nitrogens with zero attached hydrogens (tertiary/aromatic N) is 1. The van der Waals surface area contributed by atoms with Crippen molar-refractivity contribution in [2.75, 3.05) is 25.5 Å². The Bertz CT molecular complexity index is 445. The van der Waals surface area contributed by atoms with Gasteiger partial charge in [0.1, 0.15) is 5.82 Å². The minimum Gasteiger partial charge on any atom is -0.377 e. The summed E-state index contributed by atoms with van der Waals surface area (Å²) in [6.07, 6.45) is 0.177. The van der Waals surface area contributed by atoms with Crippen LogP contribution in [0.5, 0.6) is 0 Å². The van der Waals surface area contributed by atoms with Crippen molar-refractivity contribution >= 4 is 11.7 Å². The highest BCUT2D eigenvalue weighted by Gasteiger charge is 2.11. The average molecular weight is 279 g/mol. The summed E-state index contributed by atoms with van der Waals surface area (Å²) in [6, 6.07) is 3.59. The summed E-state index contributed by atoms with van der Waals surface area (Å²) in [5.74, 6) is 0.886. The van der Waals surface area contributed by atoms with Crippen molar-refractivity contribution in [3.8, 4) is 0 Å². The maximum Gasteiger partial charge on any atom is 0.251 e. The Hall–Kier alpha value is -1.62. The summed E-state index contributed by atoms with van der Waals surface area (Å²) in [4.78, 5) is 16.5. The molecule has 0 saturated carbocycles. The Morgan fingerprint density at radius 2 is 2.00 bits per heavy atom. The van der Waals surface area contributed by atoms with Crippen molar-refractivity contribution in [3.63, 3.8) is 0 Å². The number of aromatic nitrogens is 1. The van der Waals surface area contributed by atoms with Crippen LogP contribution >= 0.6 is 0 Å². The fourth-order valence-corrected chi connectivity index (χ4v) is 1.67. The van der Waals surface area contributed by atoms with Crippen LogP contribution in [-0.2, 0) is 4.74 Å². The summed E-state index contributed by atoms with van der Waals surface area (Å²) >= 11 is 0. The zero-order valence-corrected chi connectivity index (χ0v) is 13.0. The Balaban J connectivity index is 2.69. The molecule has 112 valence electrons. The van der Waals surface area contributed by atoms with Gasteiger partial charge in [0, 0.05) is 24.8 Å². The highest BCUT2D eigenvalue weighted by molar-refractivity contribution is 5.95. The van der Waals surface area contributed by atoms with Crippen molar-refractivity contribution in [2.24, 2.45) is 0 Å². The van der Waals surface area contributed by atoms with Gasteiger partial charge >= 0.3 is 0 Å². The van der Waals surface area contributed by atoms with Gasteiger partial charge in [-0.3, -0.25) is 4.79 Å². The first-order valence-corrected chi connectivity index (χ1v) is 7.03. The van der Waals surface area contributed by atoms with Crippen LogP contribution < -0.4 is 10.6 Å². The first-order chi connectivity index (χ1) is 9.43. The molecule has 1 heterocycles. The number of carbonyl (C=O) groups is 1. The van der Waals surface area contributed by atoms with Gasteiger partial charge in [-0.15, -0.1) is 0 Å². The van der Waals surface area contributed by atoms with E-state index in [1.165, 1.54) is 0 Å². The fraction of sp³-hybridized carbons (Fsp3) is 0.600. The van der Waals surface area contributed by atoms with E-state index in [9.17, 15) is 4.79 Å². The van der Waals surface area contributed by atoms with Crippen LogP contribution in [0.2, 0.25) is 0 Å². The van der Waals surface area contributed by atoms with E-state index in [2.05, 4.69) is 29.5 Å². The molecule has 1 aromatic heterocycles. The van der Waals surface area contributed by atoms with E-state index < -0.39 is 0 Å². The summed E-state index contributed by atoms with van der Waals surface area (Å²) in [5, 5.41) is 5.84. The third-order valence-electron chi connectivity index (χ3n) is 2.79. The third kappa shape index (κ3) is 5.17. The molecule has 0 bridgehead atoms. The first-order valence-electron chi connectivity index (χ1n) is 7.03. The molecular formula is C15H25N3O2. The highest BCUT2D eigenvalue weighted by Crippen LogP contribution is 2.17. The van der Waals surface area contributed by atoms with E-state index in [4.69, 9.17) is 4.74 Å². The molecule has 0 spiro atoms. The molecule has 1 amide bonds. The topological polar surface area (TPSA) is 63.2 Å². The smallest absolute Gasteiger partial charge is 0.251 e. The number of carbonyl (C=O) groups excluding carboxylic acids is 1. The second-order valence-electron chi connectivity index (χ2n) is 5.25. The van der Waals surface area contributed by atoms with Crippen LogP contribution in [0.3, 0.4) is 0 Å². The molecule has 1 aromatic rings. The lowest BCUT2D eigenvalue weighted by Crippen LogP contribution is -2.28. The van der Waals surface area contributed by atoms with Crippen molar-refractivity contribution < 1.29 is 9.53 Å². The van der Waals surface area contributed by atoms with Gasteiger partial charge in [0.25, 0.3) is 5.91 Å². The number of hydrogen-bond donors (Lipinski definition) is 2. The molecule has 0 fully saturated rings. The first kappa shape index (κ1) is 16.4. The zero-order chi connectivity index (χ0) is 15.1. The molecule has 5 heteroatoms. The largest absolute Gasteiger partial charge is 0.377 e. The van der Waals surface area contributed by atoms with Crippen LogP contribution in [-0.4, -0.2) is 37.2 Å². The minimum atomic E-state index is -0.0989. The lowest BCUT2D eigenvalue weighted by molar-refractivity contribution is 0.0746. The number of nitrogens with one attached hydrogen (secondary N) is 2. The van der Waals surface area contributed by atoms with Gasteiger partial charge < -0.3 is 15.4 Å². The summed E-state index contributed by atoms with van der Waals surface area (Å²) in [6.45, 7) is 9.08. The SMILES string of the molecule is CNc1cc(C(=O)NCCOC(C)C)cc(C(C)C)n1. The van der Waals surface area contributed by atoms with Crippen LogP contribution in [0.1, 0.15) is 49.7 Å². The molecule has 20 heavy (non-hydrogen) atoms. The molecule has 0 aliphatic rings. The minimum absolute atomic E-state index is 0.0989. The summed E-state index contributed by atoms with van der Waals surface area (Å²) in [7, 11) is 1.80. The van der Waals surface area contributed by atoms with E-state index in [0.717, 1.165) is 5.69 Å². The molecular weight excluding hydrogens is 254 g/mol. The Kier molecular flexibility index (Phi) is 6.45. The van der Waals surface area contributed by atoms with Gasteiger partial charge in [0.2, 0.25) is 0 Å². The number of anilines is 1. The Morgan fingerprint density at radius 1 is 1.30 bits per heavy atom. The molecule has 2 N–H and O–H groups in total. The van der Waals surface area contributed by atoms with Crippen LogP contribution in [0.15, 0.2) is 12.1 Å². The van der Waals surface area contributed by atoms with Gasteiger partial charge in [-0.05, 0) is 31.9 Å². The maximum absolute atomic E-state index is 12.1. The molecule has 0 radical (unpaired) electrons. The van der Waals surface area contributed by atoms with Crippen molar-refractivity contribution in [3.05, 3.63) is 23.4 Å². The Morgan fingerprint density at radius 3 is 2.55 bits per heavy atom. The maximum atomic E-state index is 12.1. The molecule has 0 saturated heterocycles. The second kappa shape index (κ2) is 7.85. The number of pyridine rings is 1. The molecule has 1 rings (SSSR count). The lowest BCUT2D eigenvalue weighted by atomic mass is 10.1. The molecule has 0 unspecified atom stereocenters. The van der Waals surface area contributed by atoms with Gasteiger partial charge in [-0.2, -0.15) is 0 Å². The van der Waals surface area contributed by atoms with E-state index in [-0.39, 0.29) is 17.9 Å². The number of rotatable bonds is 7. The van der Waals surface area contributed by atoms with Gasteiger partial charge in [0.15, 0.2) is 0 Å². The van der Waals surface area contributed by atoms with Crippen molar-refractivity contribution in [1.82, 2.24) is 10.3 Å². The van der Waals surface area contributed by atoms with E-state index in [1.54, 1.807) is 13.1 Å². The standard InChI is InChI=1S/C15H25N3O2/c1-10(2)13-8-12(9-14(16-5)18-13)15(19)17-6-7-20-11(3)4/h8-11H,6-7H2,1-5H3,(H,16,18)(H,17,19). The van der Waals surface area contributed by atoms with E-state index in [0.29, 0.717) is 24.5 Å². The van der Waals surface area contributed by atoms with E-state index in [1.807, 2.05) is 19.9 Å². The highest BCUT2D eigenvalue weighted by atomic mass is 16.5. The monoisotopic (exact) mass is 279 g/mol. The molecule has 0 aliphatic heterocycles. The number of amides is 1. The van der Waals surface area contributed by atoms with Crippen LogP contribution in [0.4, 0.5) is 5.82 Å². The van der Waals surface area contributed by atoms with Gasteiger partial charge in [-0.25, -0.2) is 4.98 Å². The van der Waals surface area contributed by atoms with Crippen molar-refractivity contribution in [2.45, 2.75) is 39.7 Å². The molecule has 0 aromatic carbocycles. The number of hydrogen-bond acceptors (Lipinski definition) is 4. The summed E-state index contributed by atoms with van der Waals surface area (Å²) < 4.78 is 5.40. The molecule has 0 atom stereocenters. The Labute approximate surface area is 121 Å². The lowest BCUT2D eigenvalue weighted by Gasteiger charge is -2.12. The van der Waals surface area contributed by atoms with E-state index >= 15 is 0 Å². The van der Waals surface area contributed by atoms with Gasteiger partial charge in [0.05, 0.1) is 12.7 Å². The molecule has 0 aliphatic carbocycles. The van der Waals surface area contributed by atoms with Gasteiger partial charge in [-0.1, -0.05) is 13.8 Å². The fourth-order valence-electron chi connectivity index (χ4n) is 1.67. The van der Waals surface area contributed by atoms with Crippen molar-refractivity contribution in [1.29, 1.82) is 0 Å². The second-order valence-corrected chi connectivity index (χ2v) is 5.25. The predicted octanol–water partition coefficient (Wildman–Crippen LogP) is 2.40. The van der Waals surface area contributed by atoms with Crippen LogP contribution in [0.25, 0.3) is 0 Å². The quantitative estimate of drug-likeness (QED) is 0.752. The number of ether oxygens (including phenoxy) is 1. The summed E-state index contributed by atoms with van der Waals surface area (Å²) in [5.41, 5.74) is 1.53. The predicted molar refractivity (Wildman–Crippen MR) is 81.3 cm³/mol.